The fraction of sp³-hybridized carbons (Fsp3) is 0. The molecular formula is C54H36N2SSi. The van der Waals surface area contributed by atoms with Gasteiger partial charge in [-0.05, 0) is 75.3 Å². The van der Waals surface area contributed by atoms with E-state index in [-0.39, 0.29) is 0 Å². The minimum absolute atomic E-state index is 1.16. The Morgan fingerprint density at radius 2 is 0.845 bits per heavy atom. The Bertz CT molecular complexity index is 3470. The van der Waals surface area contributed by atoms with Crippen molar-refractivity contribution in [3.05, 3.63) is 218 Å². The Morgan fingerprint density at radius 3 is 1.57 bits per heavy atom. The maximum absolute atomic E-state index is 3.07. The smallest absolute Gasteiger partial charge is 0.181 e. The highest BCUT2D eigenvalue weighted by molar-refractivity contribution is 7.26. The van der Waals surface area contributed by atoms with Crippen molar-refractivity contribution in [2.75, 3.05) is 0 Å². The van der Waals surface area contributed by atoms with Gasteiger partial charge in [-0.2, -0.15) is 0 Å². The van der Waals surface area contributed by atoms with E-state index in [1.807, 2.05) is 11.3 Å². The highest BCUT2D eigenvalue weighted by atomic mass is 32.1. The maximum atomic E-state index is 2.52. The van der Waals surface area contributed by atoms with Crippen LogP contribution in [0.15, 0.2) is 218 Å². The van der Waals surface area contributed by atoms with Crippen LogP contribution in [-0.4, -0.2) is 17.2 Å². The number of benzene rings is 9. The van der Waals surface area contributed by atoms with Crippen LogP contribution in [0, 0.1) is 0 Å². The average molecular weight is 773 g/mol. The van der Waals surface area contributed by atoms with Crippen molar-refractivity contribution >= 4 is 104 Å². The first kappa shape index (κ1) is 33.2. The predicted octanol–water partition coefficient (Wildman–Crippen LogP) is 11.6. The first-order valence-corrected chi connectivity index (χ1v) is 22.8. The number of thiophene rings is 1. The molecule has 0 radical (unpaired) electrons. The quantitative estimate of drug-likeness (QED) is 0.118. The Kier molecular flexibility index (Phi) is 7.46. The first-order valence-electron chi connectivity index (χ1n) is 19.9. The van der Waals surface area contributed by atoms with Crippen molar-refractivity contribution in [2.24, 2.45) is 0 Å². The minimum Gasteiger partial charge on any atom is -0.309 e. The van der Waals surface area contributed by atoms with Crippen molar-refractivity contribution < 1.29 is 0 Å². The Hall–Kier alpha value is -6.98. The van der Waals surface area contributed by atoms with Gasteiger partial charge >= 0.3 is 0 Å². The molecule has 0 atom stereocenters. The first-order chi connectivity index (χ1) is 28.8. The van der Waals surface area contributed by atoms with Gasteiger partial charge in [-0.15, -0.1) is 11.3 Å². The molecule has 0 spiro atoms. The van der Waals surface area contributed by atoms with Crippen LogP contribution in [0.2, 0.25) is 0 Å². The van der Waals surface area contributed by atoms with Gasteiger partial charge in [0.1, 0.15) is 0 Å². The average Bonchev–Trinajstić information content (AvgIpc) is 3.94. The fourth-order valence-corrected chi connectivity index (χ4v) is 16.0. The molecule has 3 heterocycles. The summed E-state index contributed by atoms with van der Waals surface area (Å²) in [6.07, 6.45) is 0. The lowest BCUT2D eigenvalue weighted by molar-refractivity contribution is 1.18. The molecule has 0 saturated carbocycles. The van der Waals surface area contributed by atoms with Crippen LogP contribution in [0.3, 0.4) is 0 Å². The molecule has 0 amide bonds. The lowest BCUT2D eigenvalue weighted by Crippen LogP contribution is -2.75. The summed E-state index contributed by atoms with van der Waals surface area (Å²) in [5.74, 6) is 0. The summed E-state index contributed by atoms with van der Waals surface area (Å²) in [6.45, 7) is 0. The summed E-state index contributed by atoms with van der Waals surface area (Å²) < 4.78 is 7.66. The third kappa shape index (κ3) is 4.76. The lowest BCUT2D eigenvalue weighted by Gasteiger charge is -2.35. The summed E-state index contributed by atoms with van der Waals surface area (Å²) in [6, 6.07) is 81.6. The second kappa shape index (κ2) is 13.0. The monoisotopic (exact) mass is 772 g/mol. The van der Waals surface area contributed by atoms with E-state index in [1.54, 1.807) is 0 Å². The van der Waals surface area contributed by atoms with Gasteiger partial charge in [0.15, 0.2) is 8.07 Å². The van der Waals surface area contributed by atoms with Crippen molar-refractivity contribution in [1.29, 1.82) is 0 Å². The Balaban J connectivity index is 1.21. The van der Waals surface area contributed by atoms with Gasteiger partial charge in [-0.3, -0.25) is 0 Å². The number of hydrogen-bond donors (Lipinski definition) is 0. The van der Waals surface area contributed by atoms with E-state index >= 15 is 0 Å². The SMILES string of the molecule is c1ccc(-n2c3ccccc3c3cccc([Si](c4ccccc4)(c4ccccc4)c4cccc(-n5c6ccccc6c6cc7c(cc65)sc5ccccc57)c4)c32)cc1. The topological polar surface area (TPSA) is 9.86 Å². The van der Waals surface area contributed by atoms with Gasteiger partial charge in [0.2, 0.25) is 0 Å². The largest absolute Gasteiger partial charge is 0.309 e. The molecule has 0 fully saturated rings. The number of aromatic nitrogens is 2. The highest BCUT2D eigenvalue weighted by Crippen LogP contribution is 2.41. The normalized spacial score (nSPS) is 12.1. The van der Waals surface area contributed by atoms with Gasteiger partial charge in [0.05, 0.1) is 22.1 Å². The standard InChI is InChI=1S/C54H36N2SSi/c1-4-18-37(19-5-1)56-49-31-14-10-26-42(49)45-29-17-33-53(54(45)56)58(39-21-6-2-7-22-39,40-23-8-3-9-24-40)41-25-16-20-38(34-41)55-48-30-13-11-27-43(48)46-35-47-44-28-12-15-32-51(44)57-52(47)36-50(46)55/h1-36H. The van der Waals surface area contributed by atoms with Crippen molar-refractivity contribution in [3.63, 3.8) is 0 Å². The minimum atomic E-state index is -3.07. The Labute approximate surface area is 341 Å². The van der Waals surface area contributed by atoms with E-state index in [4.69, 9.17) is 0 Å². The zero-order valence-corrected chi connectivity index (χ0v) is 33.4. The molecule has 0 aliphatic carbocycles. The molecule has 0 N–H and O–H groups in total. The van der Waals surface area contributed by atoms with Gasteiger partial charge in [-0.1, -0.05) is 164 Å². The van der Waals surface area contributed by atoms with Gasteiger partial charge in [0.25, 0.3) is 0 Å². The van der Waals surface area contributed by atoms with E-state index in [9.17, 15) is 0 Å². The van der Waals surface area contributed by atoms with E-state index in [0.717, 1.165) is 5.69 Å². The molecule has 4 heteroatoms. The second-order valence-corrected chi connectivity index (χ2v) is 20.1. The molecule has 2 nitrogen and oxygen atoms in total. The highest BCUT2D eigenvalue weighted by Gasteiger charge is 2.44. The molecule has 0 bridgehead atoms. The second-order valence-electron chi connectivity index (χ2n) is 15.2. The van der Waals surface area contributed by atoms with Gasteiger partial charge < -0.3 is 9.13 Å². The zero-order chi connectivity index (χ0) is 38.2. The van der Waals surface area contributed by atoms with Crippen molar-refractivity contribution in [2.45, 2.75) is 0 Å². The fourth-order valence-electron chi connectivity index (χ4n) is 9.85. The van der Waals surface area contributed by atoms with E-state index in [2.05, 4.69) is 228 Å². The molecule has 12 aromatic rings. The third-order valence-corrected chi connectivity index (χ3v) is 18.2. The van der Waals surface area contributed by atoms with Gasteiger partial charge in [-0.25, -0.2) is 0 Å². The predicted molar refractivity (Wildman–Crippen MR) is 252 cm³/mol. The molecule has 0 aliphatic heterocycles. The molecule has 0 unspecified atom stereocenters. The molecule has 58 heavy (non-hydrogen) atoms. The van der Waals surface area contributed by atoms with Crippen molar-refractivity contribution in [1.82, 2.24) is 9.13 Å². The van der Waals surface area contributed by atoms with Gasteiger partial charge in [0, 0.05) is 53.1 Å². The summed E-state index contributed by atoms with van der Waals surface area (Å²) >= 11 is 1.88. The van der Waals surface area contributed by atoms with E-state index in [0.29, 0.717) is 0 Å². The van der Waals surface area contributed by atoms with Crippen LogP contribution in [0.4, 0.5) is 0 Å². The summed E-state index contributed by atoms with van der Waals surface area (Å²) in [7, 11) is -3.07. The Morgan fingerprint density at radius 1 is 0.310 bits per heavy atom. The molecular weight excluding hydrogens is 737 g/mol. The van der Waals surface area contributed by atoms with Crippen LogP contribution in [-0.2, 0) is 0 Å². The maximum Gasteiger partial charge on any atom is 0.181 e. The molecule has 12 rings (SSSR count). The van der Waals surface area contributed by atoms with E-state index < -0.39 is 8.07 Å². The molecule has 0 saturated heterocycles. The summed E-state index contributed by atoms with van der Waals surface area (Å²) in [5, 5.41) is 13.1. The summed E-state index contributed by atoms with van der Waals surface area (Å²) in [5.41, 5.74) is 7.26. The number of fused-ring (bicyclic) bond motifs is 9. The molecule has 272 valence electrons. The van der Waals surface area contributed by atoms with Crippen LogP contribution < -0.4 is 20.7 Å². The summed E-state index contributed by atoms with van der Waals surface area (Å²) in [4.78, 5) is 0. The van der Waals surface area contributed by atoms with E-state index in [1.165, 1.54) is 90.2 Å². The molecule has 3 aromatic heterocycles. The number of rotatable bonds is 6. The number of nitrogens with zero attached hydrogens (tertiary/aromatic N) is 2. The van der Waals surface area contributed by atoms with Crippen molar-refractivity contribution in [3.8, 4) is 11.4 Å². The molecule has 9 aromatic carbocycles. The van der Waals surface area contributed by atoms with Crippen LogP contribution in [0.5, 0.6) is 0 Å². The lowest BCUT2D eigenvalue weighted by atomic mass is 10.1. The molecule has 0 aliphatic rings. The number of para-hydroxylation sites is 4. The zero-order valence-electron chi connectivity index (χ0n) is 31.6. The van der Waals surface area contributed by atoms with Crippen LogP contribution in [0.1, 0.15) is 0 Å². The van der Waals surface area contributed by atoms with Crippen LogP contribution in [0.25, 0.3) is 75.2 Å². The number of hydrogen-bond acceptors (Lipinski definition) is 1. The third-order valence-electron chi connectivity index (χ3n) is 12.2. The van der Waals surface area contributed by atoms with Crippen LogP contribution >= 0.6 is 11.3 Å².